The van der Waals surface area contributed by atoms with Crippen molar-refractivity contribution in [1.29, 1.82) is 0 Å². The number of para-hydroxylation sites is 1. The Labute approximate surface area is 207 Å². The van der Waals surface area contributed by atoms with Crippen LogP contribution in [0.25, 0.3) is 0 Å². The van der Waals surface area contributed by atoms with Gasteiger partial charge >= 0.3 is 6.16 Å². The van der Waals surface area contributed by atoms with E-state index in [1.165, 1.54) is 0 Å². The number of carbonyl (C=O) groups is 2. The molecule has 1 amide bonds. The Morgan fingerprint density at radius 2 is 1.89 bits per heavy atom. The molecule has 0 spiro atoms. The summed E-state index contributed by atoms with van der Waals surface area (Å²) in [6.45, 7) is 0.779. The second-order valence-electron chi connectivity index (χ2n) is 7.77. The first kappa shape index (κ1) is 24.2. The number of hydrogen-bond acceptors (Lipinski definition) is 6. The number of amides is 1. The average Bonchev–Trinajstić information content (AvgIpc) is 2.85. The van der Waals surface area contributed by atoms with Crippen LogP contribution in [0.2, 0.25) is 5.02 Å². The highest BCUT2D eigenvalue weighted by atomic mass is 35.5. The molecule has 1 unspecified atom stereocenters. The second-order valence-corrected chi connectivity index (χ2v) is 8.18. The minimum Gasteiger partial charge on any atom is -0.496 e. The Kier molecular flexibility index (Phi) is 7.62. The van der Waals surface area contributed by atoms with Gasteiger partial charge in [0.15, 0.2) is 0 Å². The molecular formula is C26H24ClNO7. The summed E-state index contributed by atoms with van der Waals surface area (Å²) >= 11 is 6.37. The van der Waals surface area contributed by atoms with Gasteiger partial charge in [-0.1, -0.05) is 29.8 Å². The van der Waals surface area contributed by atoms with Crippen molar-refractivity contribution in [2.24, 2.45) is 0 Å². The van der Waals surface area contributed by atoms with Gasteiger partial charge in [0.2, 0.25) is 0 Å². The summed E-state index contributed by atoms with van der Waals surface area (Å²) in [5.74, 6) is 1.87. The summed E-state index contributed by atoms with van der Waals surface area (Å²) in [5.41, 5.74) is 2.06. The number of carbonyl (C=O) groups excluding carboxylic acids is 1. The molecule has 0 saturated carbocycles. The summed E-state index contributed by atoms with van der Waals surface area (Å²) in [6.07, 6.45) is -0.960. The number of halogens is 1. The zero-order valence-corrected chi connectivity index (χ0v) is 19.7. The van der Waals surface area contributed by atoms with Crippen molar-refractivity contribution < 1.29 is 33.6 Å². The lowest BCUT2D eigenvalue weighted by Crippen LogP contribution is -2.25. The standard InChI is InChI=1S/C26H24ClNO7/c1-32-21-5-3-2-4-16(21)10-12-28-25(29)17-6-8-18(9-7-17)34-24-15-23-19(14-20(24)27)22(11-13-33-23)35-26(30)31/h2-9,14-15,22H,10-13H2,1H3,(H,28,29)(H,30,31). The zero-order chi connectivity index (χ0) is 24.8. The molecule has 9 heteroatoms. The van der Waals surface area contributed by atoms with Crippen molar-refractivity contribution in [3.63, 3.8) is 0 Å². The molecular weight excluding hydrogens is 474 g/mol. The van der Waals surface area contributed by atoms with Crippen molar-refractivity contribution in [3.8, 4) is 23.0 Å². The fourth-order valence-corrected chi connectivity index (χ4v) is 4.01. The molecule has 0 saturated heterocycles. The predicted octanol–water partition coefficient (Wildman–Crippen LogP) is 5.63. The minimum absolute atomic E-state index is 0.198. The van der Waals surface area contributed by atoms with E-state index in [-0.39, 0.29) is 10.9 Å². The molecule has 0 bridgehead atoms. The Hall–Kier alpha value is -3.91. The average molecular weight is 498 g/mol. The first-order valence-electron chi connectivity index (χ1n) is 11.0. The number of nitrogens with one attached hydrogen (secondary N) is 1. The number of benzene rings is 3. The van der Waals surface area contributed by atoms with Crippen LogP contribution >= 0.6 is 11.6 Å². The highest BCUT2D eigenvalue weighted by molar-refractivity contribution is 6.32. The van der Waals surface area contributed by atoms with Gasteiger partial charge in [0.05, 0.1) is 18.7 Å². The van der Waals surface area contributed by atoms with Gasteiger partial charge in [-0.2, -0.15) is 0 Å². The lowest BCUT2D eigenvalue weighted by molar-refractivity contribution is 0.0326. The van der Waals surface area contributed by atoms with Gasteiger partial charge in [-0.05, 0) is 48.4 Å². The van der Waals surface area contributed by atoms with E-state index in [0.717, 1.165) is 11.3 Å². The molecule has 35 heavy (non-hydrogen) atoms. The summed E-state index contributed by atoms with van der Waals surface area (Å²) in [5, 5.41) is 12.1. The zero-order valence-electron chi connectivity index (χ0n) is 19.0. The molecule has 4 rings (SSSR count). The van der Waals surface area contributed by atoms with E-state index in [9.17, 15) is 9.59 Å². The number of hydrogen-bond donors (Lipinski definition) is 2. The summed E-state index contributed by atoms with van der Waals surface area (Å²) in [6, 6.07) is 17.5. The summed E-state index contributed by atoms with van der Waals surface area (Å²) < 4.78 is 21.8. The molecule has 1 atom stereocenters. The van der Waals surface area contributed by atoms with Crippen LogP contribution in [-0.4, -0.2) is 37.4 Å². The third kappa shape index (κ3) is 5.96. The number of fused-ring (bicyclic) bond motifs is 1. The van der Waals surface area contributed by atoms with Crippen LogP contribution in [-0.2, 0) is 11.2 Å². The van der Waals surface area contributed by atoms with Crippen LogP contribution in [0.15, 0.2) is 60.7 Å². The Balaban J connectivity index is 1.37. The number of carboxylic acid groups (broad SMARTS) is 1. The molecule has 0 aromatic heterocycles. The number of methoxy groups -OCH3 is 1. The van der Waals surface area contributed by atoms with E-state index in [1.54, 1.807) is 43.5 Å². The monoisotopic (exact) mass is 497 g/mol. The fourth-order valence-electron chi connectivity index (χ4n) is 3.80. The van der Waals surface area contributed by atoms with Crippen LogP contribution < -0.4 is 19.5 Å². The van der Waals surface area contributed by atoms with Gasteiger partial charge in [-0.3, -0.25) is 4.79 Å². The topological polar surface area (TPSA) is 103 Å². The number of rotatable bonds is 8. The van der Waals surface area contributed by atoms with E-state index in [1.807, 2.05) is 24.3 Å². The molecule has 1 heterocycles. The van der Waals surface area contributed by atoms with Crippen molar-refractivity contribution in [3.05, 3.63) is 82.4 Å². The fraction of sp³-hybridized carbons (Fsp3) is 0.231. The van der Waals surface area contributed by atoms with Gasteiger partial charge in [-0.25, -0.2) is 4.79 Å². The quantitative estimate of drug-likeness (QED) is 0.388. The van der Waals surface area contributed by atoms with E-state index in [4.69, 9.17) is 35.7 Å². The van der Waals surface area contributed by atoms with E-state index >= 15 is 0 Å². The predicted molar refractivity (Wildman–Crippen MR) is 129 cm³/mol. The van der Waals surface area contributed by atoms with Gasteiger partial charge in [0.1, 0.15) is 29.1 Å². The molecule has 0 radical (unpaired) electrons. The molecule has 0 aliphatic carbocycles. The second kappa shape index (κ2) is 11.0. The van der Waals surface area contributed by atoms with Crippen molar-refractivity contribution in [2.45, 2.75) is 18.9 Å². The summed E-state index contributed by atoms with van der Waals surface area (Å²) in [7, 11) is 1.62. The third-order valence-electron chi connectivity index (χ3n) is 5.51. The van der Waals surface area contributed by atoms with E-state index in [2.05, 4.69) is 5.32 Å². The first-order chi connectivity index (χ1) is 16.9. The van der Waals surface area contributed by atoms with E-state index in [0.29, 0.717) is 54.4 Å². The molecule has 1 aliphatic heterocycles. The molecule has 8 nitrogen and oxygen atoms in total. The van der Waals surface area contributed by atoms with Crippen LogP contribution in [0.3, 0.4) is 0 Å². The first-order valence-corrected chi connectivity index (χ1v) is 11.4. The van der Waals surface area contributed by atoms with Crippen molar-refractivity contribution in [2.75, 3.05) is 20.3 Å². The third-order valence-corrected chi connectivity index (χ3v) is 5.80. The van der Waals surface area contributed by atoms with Gasteiger partial charge < -0.3 is 29.4 Å². The van der Waals surface area contributed by atoms with Crippen LogP contribution in [0.1, 0.15) is 34.0 Å². The summed E-state index contributed by atoms with van der Waals surface area (Å²) in [4.78, 5) is 23.4. The Morgan fingerprint density at radius 1 is 1.11 bits per heavy atom. The van der Waals surface area contributed by atoms with Crippen molar-refractivity contribution in [1.82, 2.24) is 5.32 Å². The van der Waals surface area contributed by atoms with Crippen LogP contribution in [0, 0.1) is 0 Å². The molecule has 1 aliphatic rings. The number of ether oxygens (including phenoxy) is 4. The highest BCUT2D eigenvalue weighted by Gasteiger charge is 2.27. The van der Waals surface area contributed by atoms with E-state index < -0.39 is 12.3 Å². The molecule has 182 valence electrons. The molecule has 0 fully saturated rings. The molecule has 3 aromatic carbocycles. The maximum atomic E-state index is 12.5. The van der Waals surface area contributed by atoms with Gasteiger partial charge in [0, 0.05) is 30.2 Å². The normalized spacial score (nSPS) is 14.3. The Bertz CT molecular complexity index is 1210. The largest absolute Gasteiger partial charge is 0.506 e. The maximum absolute atomic E-state index is 12.5. The lowest BCUT2D eigenvalue weighted by Gasteiger charge is -2.25. The Morgan fingerprint density at radius 3 is 2.63 bits per heavy atom. The molecule has 3 aromatic rings. The highest BCUT2D eigenvalue weighted by Crippen LogP contribution is 2.42. The smallest absolute Gasteiger partial charge is 0.496 e. The van der Waals surface area contributed by atoms with Gasteiger partial charge in [0.25, 0.3) is 5.91 Å². The van der Waals surface area contributed by atoms with Gasteiger partial charge in [-0.15, -0.1) is 0 Å². The SMILES string of the molecule is COc1ccccc1CCNC(=O)c1ccc(Oc2cc3c(cc2Cl)C(OC(=O)O)CCO3)cc1. The molecule has 2 N–H and O–H groups in total. The maximum Gasteiger partial charge on any atom is 0.506 e. The van der Waals surface area contributed by atoms with Crippen LogP contribution in [0.5, 0.6) is 23.0 Å². The lowest BCUT2D eigenvalue weighted by atomic mass is 10.0. The van der Waals surface area contributed by atoms with Crippen molar-refractivity contribution >= 4 is 23.7 Å². The van der Waals surface area contributed by atoms with Crippen LogP contribution in [0.4, 0.5) is 4.79 Å². The minimum atomic E-state index is -1.36.